The number of halogens is 2. The summed E-state index contributed by atoms with van der Waals surface area (Å²) in [5.74, 6) is 1.87. The molecular weight excluding hydrogens is 499 g/mol. The van der Waals surface area contributed by atoms with Gasteiger partial charge in [-0.05, 0) is 24.1 Å². The molecule has 25 heavy (non-hydrogen) atoms. The first-order valence-corrected chi connectivity index (χ1v) is 8.67. The Morgan fingerprint density at radius 3 is 2.56 bits per heavy atom. The van der Waals surface area contributed by atoms with E-state index in [0.29, 0.717) is 18.4 Å². The predicted octanol–water partition coefficient (Wildman–Crippen LogP) is 2.86. The fourth-order valence-corrected chi connectivity index (χ4v) is 2.24. The second-order valence-corrected chi connectivity index (χ2v) is 6.95. The third-order valence-electron chi connectivity index (χ3n) is 3.23. The molecule has 0 aliphatic carbocycles. The molecule has 0 aromatic heterocycles. The first kappa shape index (κ1) is 24.0. The van der Waals surface area contributed by atoms with Crippen molar-refractivity contribution < 1.29 is 9.53 Å². The highest BCUT2D eigenvalue weighted by atomic mass is 127. The van der Waals surface area contributed by atoms with Gasteiger partial charge in [-0.25, -0.2) is 4.99 Å². The summed E-state index contributed by atoms with van der Waals surface area (Å²) in [4.78, 5) is 17.9. The number of nitrogens with zero attached hydrogens (tertiary/aromatic N) is 2. The topological polar surface area (TPSA) is 66.0 Å². The molecule has 1 amide bonds. The van der Waals surface area contributed by atoms with Gasteiger partial charge in [-0.3, -0.25) is 4.79 Å². The molecule has 142 valence electrons. The van der Waals surface area contributed by atoms with E-state index in [9.17, 15) is 4.79 Å². The van der Waals surface area contributed by atoms with E-state index in [4.69, 9.17) is 4.74 Å². The van der Waals surface area contributed by atoms with Gasteiger partial charge in [-0.2, -0.15) is 0 Å². The number of likely N-dealkylation sites (N-methyl/N-ethyl adjacent to an activating group) is 1. The number of carbonyl (C=O) groups is 1. The van der Waals surface area contributed by atoms with E-state index in [2.05, 4.69) is 45.4 Å². The molecule has 1 aromatic carbocycles. The van der Waals surface area contributed by atoms with E-state index in [-0.39, 0.29) is 36.4 Å². The Morgan fingerprint density at radius 2 is 2.00 bits per heavy atom. The number of hydrogen-bond acceptors (Lipinski definition) is 3. The van der Waals surface area contributed by atoms with Crippen molar-refractivity contribution in [1.82, 2.24) is 15.5 Å². The number of hydrogen-bond donors (Lipinski definition) is 2. The number of carbonyl (C=O) groups excluding carboxylic acids is 1. The van der Waals surface area contributed by atoms with Gasteiger partial charge in [0.15, 0.2) is 5.96 Å². The largest absolute Gasteiger partial charge is 0.496 e. The number of nitrogens with one attached hydrogen (secondary N) is 2. The second kappa shape index (κ2) is 12.3. The van der Waals surface area contributed by atoms with Gasteiger partial charge in [0, 0.05) is 30.7 Å². The van der Waals surface area contributed by atoms with E-state index in [1.54, 1.807) is 26.1 Å². The maximum Gasteiger partial charge on any atom is 0.241 e. The molecule has 0 bridgehead atoms. The molecule has 0 heterocycles. The van der Waals surface area contributed by atoms with Gasteiger partial charge in [0.2, 0.25) is 5.91 Å². The van der Waals surface area contributed by atoms with Gasteiger partial charge in [0.1, 0.15) is 5.75 Å². The lowest BCUT2D eigenvalue weighted by Gasteiger charge is -2.16. The van der Waals surface area contributed by atoms with Crippen LogP contribution >= 0.6 is 39.9 Å². The molecule has 0 atom stereocenters. The van der Waals surface area contributed by atoms with Crippen LogP contribution in [0.15, 0.2) is 27.7 Å². The molecule has 0 radical (unpaired) electrons. The highest BCUT2D eigenvalue weighted by molar-refractivity contribution is 14.0. The zero-order chi connectivity index (χ0) is 18.1. The molecule has 0 saturated carbocycles. The first-order chi connectivity index (χ1) is 11.3. The number of rotatable bonds is 7. The van der Waals surface area contributed by atoms with Crippen molar-refractivity contribution in [2.75, 3.05) is 34.3 Å². The van der Waals surface area contributed by atoms with Crippen LogP contribution in [-0.2, 0) is 11.3 Å². The fourth-order valence-electron chi connectivity index (χ4n) is 1.83. The number of methoxy groups -OCH3 is 1. The molecule has 1 aromatic rings. The van der Waals surface area contributed by atoms with Crippen molar-refractivity contribution in [2.24, 2.45) is 10.9 Å². The molecule has 6 nitrogen and oxygen atoms in total. The molecule has 0 fully saturated rings. The number of guanidine groups is 1. The zero-order valence-electron chi connectivity index (χ0n) is 15.4. The van der Waals surface area contributed by atoms with Crippen LogP contribution in [0.5, 0.6) is 5.75 Å². The Kier molecular flexibility index (Phi) is 11.8. The third-order valence-corrected chi connectivity index (χ3v) is 3.73. The Bertz CT molecular complexity index is 580. The number of amides is 1. The summed E-state index contributed by atoms with van der Waals surface area (Å²) in [6, 6.07) is 5.81. The number of aliphatic imine (C=N–C) groups is 1. The van der Waals surface area contributed by atoms with Crippen molar-refractivity contribution in [1.29, 1.82) is 0 Å². The van der Waals surface area contributed by atoms with Crippen molar-refractivity contribution in [2.45, 2.75) is 20.4 Å². The van der Waals surface area contributed by atoms with Crippen LogP contribution in [0, 0.1) is 5.92 Å². The van der Waals surface area contributed by atoms with Crippen molar-refractivity contribution >= 4 is 51.8 Å². The molecule has 8 heteroatoms. The summed E-state index contributed by atoms with van der Waals surface area (Å²) in [6.07, 6.45) is 0. The highest BCUT2D eigenvalue weighted by Crippen LogP contribution is 2.23. The van der Waals surface area contributed by atoms with Gasteiger partial charge in [0.05, 0.1) is 20.2 Å². The molecule has 0 saturated heterocycles. The standard InChI is InChI=1S/C17H27BrN4O2.HI/c1-12(2)9-19-17(21-11-16(23)22(3)4)20-10-13-8-14(18)6-7-15(13)24-5;/h6-8,12H,9-11H2,1-5H3,(H2,19,20,21);1H. The SMILES string of the molecule is COc1ccc(Br)cc1CN=C(NCC(=O)N(C)C)NCC(C)C.I. The van der Waals surface area contributed by atoms with Crippen LogP contribution in [0.2, 0.25) is 0 Å². The van der Waals surface area contributed by atoms with E-state index in [1.807, 2.05) is 18.2 Å². The van der Waals surface area contributed by atoms with Crippen LogP contribution in [0.1, 0.15) is 19.4 Å². The van der Waals surface area contributed by atoms with Crippen LogP contribution in [0.3, 0.4) is 0 Å². The maximum absolute atomic E-state index is 11.8. The molecule has 0 spiro atoms. The molecule has 0 unspecified atom stereocenters. The monoisotopic (exact) mass is 526 g/mol. The maximum atomic E-state index is 11.8. The van der Waals surface area contributed by atoms with Crippen LogP contribution in [0.4, 0.5) is 0 Å². The van der Waals surface area contributed by atoms with Crippen LogP contribution < -0.4 is 15.4 Å². The third kappa shape index (κ3) is 9.29. The summed E-state index contributed by atoms with van der Waals surface area (Å²) >= 11 is 3.46. The Morgan fingerprint density at radius 1 is 1.32 bits per heavy atom. The van der Waals surface area contributed by atoms with Crippen LogP contribution in [-0.4, -0.2) is 51.1 Å². The molecule has 0 aliphatic heterocycles. The smallest absolute Gasteiger partial charge is 0.241 e. The van der Waals surface area contributed by atoms with E-state index >= 15 is 0 Å². The van der Waals surface area contributed by atoms with Crippen molar-refractivity contribution in [3.8, 4) is 5.75 Å². The lowest BCUT2D eigenvalue weighted by molar-refractivity contribution is -0.127. The Labute approximate surface area is 175 Å². The molecular formula is C17H28BrIN4O2. The van der Waals surface area contributed by atoms with Crippen LogP contribution in [0.25, 0.3) is 0 Å². The Balaban J connectivity index is 0.00000576. The number of benzene rings is 1. The fraction of sp³-hybridized carbons (Fsp3) is 0.529. The molecule has 2 N–H and O–H groups in total. The minimum absolute atomic E-state index is 0. The van der Waals surface area contributed by atoms with Crippen molar-refractivity contribution in [3.05, 3.63) is 28.2 Å². The summed E-state index contributed by atoms with van der Waals surface area (Å²) < 4.78 is 6.34. The number of ether oxygens (including phenoxy) is 1. The summed E-state index contributed by atoms with van der Waals surface area (Å²) in [7, 11) is 5.10. The van der Waals surface area contributed by atoms with Crippen molar-refractivity contribution in [3.63, 3.8) is 0 Å². The second-order valence-electron chi connectivity index (χ2n) is 6.04. The summed E-state index contributed by atoms with van der Waals surface area (Å²) in [5.41, 5.74) is 0.969. The molecule has 1 rings (SSSR count). The van der Waals surface area contributed by atoms with Gasteiger partial charge in [-0.15, -0.1) is 24.0 Å². The van der Waals surface area contributed by atoms with E-state index in [1.165, 1.54) is 0 Å². The minimum atomic E-state index is -0.00548. The quantitative estimate of drug-likeness (QED) is 0.326. The normalized spacial score (nSPS) is 10.9. The van der Waals surface area contributed by atoms with Gasteiger partial charge in [0.25, 0.3) is 0 Å². The van der Waals surface area contributed by atoms with Gasteiger partial charge < -0.3 is 20.3 Å². The lowest BCUT2D eigenvalue weighted by Crippen LogP contribution is -2.44. The van der Waals surface area contributed by atoms with Gasteiger partial charge >= 0.3 is 0 Å². The predicted molar refractivity (Wildman–Crippen MR) is 117 cm³/mol. The Hall–Kier alpha value is -1.03. The summed E-state index contributed by atoms with van der Waals surface area (Å²) in [5, 5.41) is 6.33. The average Bonchev–Trinajstić information content (AvgIpc) is 2.53. The van der Waals surface area contributed by atoms with Gasteiger partial charge in [-0.1, -0.05) is 29.8 Å². The van der Waals surface area contributed by atoms with E-state index in [0.717, 1.165) is 22.3 Å². The highest BCUT2D eigenvalue weighted by Gasteiger charge is 2.08. The summed E-state index contributed by atoms with van der Waals surface area (Å²) in [6.45, 7) is 5.66. The lowest BCUT2D eigenvalue weighted by atomic mass is 10.2. The molecule has 0 aliphatic rings. The zero-order valence-corrected chi connectivity index (χ0v) is 19.3. The minimum Gasteiger partial charge on any atom is -0.496 e. The first-order valence-electron chi connectivity index (χ1n) is 7.88. The average molecular weight is 527 g/mol. The van der Waals surface area contributed by atoms with E-state index < -0.39 is 0 Å².